The first kappa shape index (κ1) is 49.4. The maximum absolute atomic E-state index is 14.4. The molecule has 12 rings (SSSR count). The van der Waals surface area contributed by atoms with Crippen LogP contribution in [0, 0.1) is 73.3 Å². The van der Waals surface area contributed by atoms with Gasteiger partial charge < -0.3 is 9.13 Å². The van der Waals surface area contributed by atoms with E-state index in [9.17, 15) is 18.4 Å². The number of alkyl halides is 3. The molecule has 0 N–H and O–H groups in total. The number of halogens is 3. The predicted molar refractivity (Wildman–Crippen MR) is 316 cm³/mol. The van der Waals surface area contributed by atoms with Gasteiger partial charge in [0.1, 0.15) is 0 Å². The normalized spacial score (nSPS) is 11.8. The van der Waals surface area contributed by atoms with Gasteiger partial charge in [-0.2, -0.15) is 18.4 Å². The van der Waals surface area contributed by atoms with Crippen molar-refractivity contribution in [3.63, 3.8) is 0 Å². The molecule has 0 saturated carbocycles. The van der Waals surface area contributed by atoms with Crippen LogP contribution in [0.4, 0.5) is 18.9 Å². The molecule has 0 fully saturated rings. The van der Waals surface area contributed by atoms with Crippen molar-refractivity contribution in [3.8, 4) is 73.1 Å². The SMILES string of the molecule is [C-]#[N+]c1cc(-n2c3cc(-c4cc(C)cc(C)c4)ccc3c3ccc(-c4cc(C)cc(C)c4)cc32)c(-n2c3cc(-c4cc(C)cc(C)c4)ccc3c3ccc(-c4cc(C)cc(C)c4)cc32)cc1-c1ccc(C(F)(F)F)cc1C#N. The molecule has 0 unspecified atom stereocenters. The highest BCUT2D eigenvalue weighted by Crippen LogP contribution is 2.47. The van der Waals surface area contributed by atoms with Crippen molar-refractivity contribution >= 4 is 49.3 Å². The maximum atomic E-state index is 14.4. The van der Waals surface area contributed by atoms with Crippen molar-refractivity contribution in [1.82, 2.24) is 9.13 Å². The Morgan fingerprint density at radius 1 is 0.372 bits per heavy atom. The van der Waals surface area contributed by atoms with E-state index in [1.54, 1.807) is 0 Å². The van der Waals surface area contributed by atoms with Crippen LogP contribution in [-0.4, -0.2) is 9.13 Å². The summed E-state index contributed by atoms with van der Waals surface area (Å²) in [7, 11) is 0. The first-order valence-corrected chi connectivity index (χ1v) is 26.1. The first-order chi connectivity index (χ1) is 37.4. The lowest BCUT2D eigenvalue weighted by Crippen LogP contribution is -2.06. The summed E-state index contributed by atoms with van der Waals surface area (Å²) in [5.41, 5.74) is 22.1. The zero-order chi connectivity index (χ0) is 54.5. The molecule has 0 amide bonds. The number of aromatic nitrogens is 2. The smallest absolute Gasteiger partial charge is 0.308 e. The van der Waals surface area contributed by atoms with Gasteiger partial charge in [-0.05, 0) is 160 Å². The number of benzene rings is 10. The first-order valence-electron chi connectivity index (χ1n) is 26.1. The Morgan fingerprint density at radius 3 is 0.987 bits per heavy atom. The summed E-state index contributed by atoms with van der Waals surface area (Å²) < 4.78 is 47.7. The molecule has 78 heavy (non-hydrogen) atoms. The molecule has 0 radical (unpaired) electrons. The third-order valence-electron chi connectivity index (χ3n) is 15.2. The quantitative estimate of drug-likeness (QED) is 0.147. The molecule has 0 spiro atoms. The highest BCUT2D eigenvalue weighted by molar-refractivity contribution is 6.14. The second-order valence-corrected chi connectivity index (χ2v) is 21.4. The van der Waals surface area contributed by atoms with E-state index in [2.05, 4.69) is 221 Å². The van der Waals surface area contributed by atoms with Crippen LogP contribution in [0.1, 0.15) is 55.6 Å². The van der Waals surface area contributed by atoms with Gasteiger partial charge in [-0.1, -0.05) is 172 Å². The summed E-state index contributed by atoms with van der Waals surface area (Å²) in [6, 6.07) is 61.7. The predicted octanol–water partition coefficient (Wildman–Crippen LogP) is 20.1. The fourth-order valence-electron chi connectivity index (χ4n) is 12.1. The van der Waals surface area contributed by atoms with Crippen molar-refractivity contribution in [2.45, 2.75) is 61.6 Å². The summed E-state index contributed by atoms with van der Waals surface area (Å²) in [4.78, 5) is 4.18. The molecule has 12 aromatic rings. The van der Waals surface area contributed by atoms with E-state index in [-0.39, 0.29) is 16.8 Å². The van der Waals surface area contributed by atoms with Gasteiger partial charge in [-0.3, -0.25) is 0 Å². The lowest BCUT2D eigenvalue weighted by atomic mass is 9.95. The van der Waals surface area contributed by atoms with Gasteiger partial charge in [0.25, 0.3) is 0 Å². The van der Waals surface area contributed by atoms with Gasteiger partial charge in [0.2, 0.25) is 0 Å². The summed E-state index contributed by atoms with van der Waals surface area (Å²) >= 11 is 0. The zero-order valence-electron chi connectivity index (χ0n) is 44.7. The highest BCUT2D eigenvalue weighted by Gasteiger charge is 2.32. The third-order valence-corrected chi connectivity index (χ3v) is 15.2. The molecule has 7 heteroatoms. The molecule has 0 aliphatic carbocycles. The van der Waals surface area contributed by atoms with E-state index in [1.165, 1.54) is 6.07 Å². The van der Waals surface area contributed by atoms with Gasteiger partial charge in [-0.25, -0.2) is 4.85 Å². The van der Waals surface area contributed by atoms with Crippen LogP contribution in [0.15, 0.2) is 176 Å². The molecule has 0 bridgehead atoms. The molecule has 0 atom stereocenters. The van der Waals surface area contributed by atoms with Gasteiger partial charge >= 0.3 is 6.18 Å². The maximum Gasteiger partial charge on any atom is 0.416 e. The minimum absolute atomic E-state index is 0.183. The lowest BCUT2D eigenvalue weighted by Gasteiger charge is -2.21. The molecule has 4 nitrogen and oxygen atoms in total. The Morgan fingerprint density at radius 2 is 0.692 bits per heavy atom. The van der Waals surface area contributed by atoms with Crippen molar-refractivity contribution in [2.75, 3.05) is 0 Å². The monoisotopic (exact) mass is 1020 g/mol. The van der Waals surface area contributed by atoms with Crippen LogP contribution >= 0.6 is 0 Å². The largest absolute Gasteiger partial charge is 0.416 e. The van der Waals surface area contributed by atoms with Crippen molar-refractivity contribution < 1.29 is 13.2 Å². The van der Waals surface area contributed by atoms with E-state index >= 15 is 0 Å². The van der Waals surface area contributed by atoms with Gasteiger partial charge in [0, 0.05) is 21.5 Å². The van der Waals surface area contributed by atoms with Crippen LogP contribution < -0.4 is 0 Å². The van der Waals surface area contributed by atoms with Crippen LogP contribution in [0.5, 0.6) is 0 Å². The molecular weight excluding hydrogens is 966 g/mol. The standard InChI is InChI=1S/C71H53F3N4/c1-40-20-41(2)25-52(24-40)48-10-15-59-60-16-11-49(53-26-42(3)21-43(4)27-53)34-66(60)77(65(59)33-48)69-37-63(58-19-14-57(71(72,73)74)32-56(58)39-75)64(76-9)38-70(69)78-67-35-50(54-28-44(5)22-45(6)29-54)12-17-61(67)62-18-13-51(36-68(62)78)55-30-46(7)23-47(8)31-55/h10-38H,1-8H3. The van der Waals surface area contributed by atoms with Crippen molar-refractivity contribution in [1.29, 1.82) is 5.26 Å². The average molecular weight is 1020 g/mol. The summed E-state index contributed by atoms with van der Waals surface area (Å²) in [5, 5.41) is 14.7. The number of hydrogen-bond acceptors (Lipinski definition) is 1. The molecule has 0 aliphatic rings. The number of hydrogen-bond donors (Lipinski definition) is 0. The molecule has 10 aromatic carbocycles. The summed E-state index contributed by atoms with van der Waals surface area (Å²) in [6.45, 7) is 25.7. The van der Waals surface area contributed by atoms with E-state index in [0.29, 0.717) is 16.9 Å². The van der Waals surface area contributed by atoms with Gasteiger partial charge in [0.05, 0.1) is 57.2 Å². The fourth-order valence-corrected chi connectivity index (χ4v) is 12.1. The lowest BCUT2D eigenvalue weighted by molar-refractivity contribution is -0.137. The number of fused-ring (bicyclic) bond motifs is 6. The third kappa shape index (κ3) is 8.68. The van der Waals surface area contributed by atoms with Gasteiger partial charge in [-0.15, -0.1) is 0 Å². The summed E-state index contributed by atoms with van der Waals surface area (Å²) in [6.07, 6.45) is -4.69. The van der Waals surface area contributed by atoms with Crippen molar-refractivity contribution in [3.05, 3.63) is 243 Å². The van der Waals surface area contributed by atoms with E-state index < -0.39 is 11.7 Å². The Kier molecular flexibility index (Phi) is 11.8. The van der Waals surface area contributed by atoms with E-state index in [4.69, 9.17) is 6.57 Å². The van der Waals surface area contributed by atoms with E-state index in [0.717, 1.165) is 145 Å². The average Bonchev–Trinajstić information content (AvgIpc) is 4.15. The van der Waals surface area contributed by atoms with Crippen LogP contribution in [0.3, 0.4) is 0 Å². The summed E-state index contributed by atoms with van der Waals surface area (Å²) in [5.74, 6) is 0. The Hall–Kier alpha value is -9.43. The Bertz CT molecular complexity index is 4310. The molecule has 2 aromatic heterocycles. The highest BCUT2D eigenvalue weighted by atomic mass is 19.4. The Labute approximate surface area is 452 Å². The van der Waals surface area contributed by atoms with Crippen LogP contribution in [0.25, 0.3) is 115 Å². The number of nitriles is 1. The Balaban J connectivity index is 1.28. The van der Waals surface area contributed by atoms with Crippen molar-refractivity contribution in [2.24, 2.45) is 0 Å². The van der Waals surface area contributed by atoms with E-state index in [1.807, 2.05) is 12.1 Å². The topological polar surface area (TPSA) is 38.0 Å². The minimum atomic E-state index is -4.69. The minimum Gasteiger partial charge on any atom is -0.308 e. The number of aryl methyl sites for hydroxylation is 8. The van der Waals surface area contributed by atoms with Crippen LogP contribution in [-0.2, 0) is 6.18 Å². The molecule has 378 valence electrons. The van der Waals surface area contributed by atoms with Gasteiger partial charge in [0.15, 0.2) is 5.69 Å². The second-order valence-electron chi connectivity index (χ2n) is 21.4. The molecule has 0 saturated heterocycles. The zero-order valence-corrected chi connectivity index (χ0v) is 44.7. The number of nitrogens with zero attached hydrogens (tertiary/aromatic N) is 4. The van der Waals surface area contributed by atoms with Crippen LogP contribution in [0.2, 0.25) is 0 Å². The molecule has 0 aliphatic heterocycles. The second kappa shape index (κ2) is 18.7. The number of rotatable bonds is 7. The fraction of sp³-hybridized carbons (Fsp3) is 0.127. The molecular formula is C71H53F3N4. The molecule has 2 heterocycles.